The molecule has 3 N–H and O–H groups in total. The number of carbonyl (C=O) groups is 3. The van der Waals surface area contributed by atoms with Crippen LogP contribution in [0.15, 0.2) is 46.6 Å². The van der Waals surface area contributed by atoms with Crippen LogP contribution < -0.4 is 9.47 Å². The van der Waals surface area contributed by atoms with Gasteiger partial charge in [-0.05, 0) is 81.1 Å². The van der Waals surface area contributed by atoms with Crippen molar-refractivity contribution < 1.29 is 43.9 Å². The quantitative estimate of drug-likeness (QED) is 0.214. The Bertz CT molecular complexity index is 1710. The van der Waals surface area contributed by atoms with Gasteiger partial charge in [-0.1, -0.05) is 35.5 Å². The lowest BCUT2D eigenvalue weighted by molar-refractivity contribution is -0.171. The number of carbonyl (C=O) groups excluding carboxylic acids is 2. The van der Waals surface area contributed by atoms with Crippen molar-refractivity contribution in [1.82, 2.24) is 0 Å². The van der Waals surface area contributed by atoms with Crippen LogP contribution in [-0.2, 0) is 27.2 Å². The molecular formula is C38H46O9. The molecule has 5 atom stereocenters. The monoisotopic (exact) mass is 646 g/mol. The van der Waals surface area contributed by atoms with E-state index in [0.29, 0.717) is 29.7 Å². The first-order valence-electron chi connectivity index (χ1n) is 16.5. The number of benzene rings is 1. The first-order chi connectivity index (χ1) is 21.9. The van der Waals surface area contributed by atoms with E-state index in [9.17, 15) is 29.7 Å². The molecule has 4 bridgehead atoms. The molecule has 3 aliphatic heterocycles. The first kappa shape index (κ1) is 33.2. The van der Waals surface area contributed by atoms with Crippen LogP contribution >= 0.6 is 0 Å². The number of fused-ring (bicyclic) bond motifs is 3. The number of ketones is 2. The van der Waals surface area contributed by atoms with Crippen molar-refractivity contribution in [2.75, 3.05) is 0 Å². The molecule has 9 heteroatoms. The fourth-order valence-electron chi connectivity index (χ4n) is 8.38. The van der Waals surface area contributed by atoms with E-state index in [2.05, 4.69) is 19.9 Å². The van der Waals surface area contributed by atoms with E-state index in [4.69, 9.17) is 14.2 Å². The molecule has 2 fully saturated rings. The number of aliphatic hydroxyl groups is 1. The highest BCUT2D eigenvalue weighted by molar-refractivity contribution is 6.18. The van der Waals surface area contributed by atoms with E-state index in [0.717, 1.165) is 18.4 Å². The van der Waals surface area contributed by atoms with Crippen molar-refractivity contribution in [1.29, 1.82) is 0 Å². The Kier molecular flexibility index (Phi) is 7.72. The van der Waals surface area contributed by atoms with Crippen LogP contribution in [0.2, 0.25) is 0 Å². The number of rotatable bonds is 9. The molecule has 3 heterocycles. The van der Waals surface area contributed by atoms with Gasteiger partial charge in [0.15, 0.2) is 22.8 Å². The van der Waals surface area contributed by atoms with Crippen molar-refractivity contribution >= 4 is 17.5 Å². The van der Waals surface area contributed by atoms with Gasteiger partial charge in [-0.15, -0.1) is 0 Å². The van der Waals surface area contributed by atoms with E-state index in [-0.39, 0.29) is 46.8 Å². The Morgan fingerprint density at radius 3 is 2.43 bits per heavy atom. The smallest absolute Gasteiger partial charge is 0.330 e. The van der Waals surface area contributed by atoms with Gasteiger partial charge in [-0.25, -0.2) is 4.79 Å². The van der Waals surface area contributed by atoms with Crippen LogP contribution in [0.5, 0.6) is 17.2 Å². The topological polar surface area (TPSA) is 140 Å². The standard InChI is InChI=1S/C38H46O9/c1-19(2)10-9-11-20(3)12-13-23-29(39)28-30(40)25-16-22-17-26-36(7,8)47-37(33(22)41,15-14-21(4)34(42)43)38(25,26)46-32(28)24-18-27(35(5,6)44)45-31(23)24/h10,12,14,16,22,26-27,39,44H,9,11,13,15,17-18H2,1-8H3,(H,42,43)/b20-12?,21-14-/t22-,26+,27-,37+,38-/m1/s1. The second-order valence-electron chi connectivity index (χ2n) is 15.3. The van der Waals surface area contributed by atoms with Crippen LogP contribution in [0, 0.1) is 11.8 Å². The summed E-state index contributed by atoms with van der Waals surface area (Å²) < 4.78 is 20.1. The number of ether oxygens (including phenoxy) is 3. The maximum Gasteiger partial charge on any atom is 0.330 e. The number of aliphatic carboxylic acids is 1. The Morgan fingerprint density at radius 1 is 1.09 bits per heavy atom. The van der Waals surface area contributed by atoms with Gasteiger partial charge in [0, 0.05) is 47.0 Å². The summed E-state index contributed by atoms with van der Waals surface area (Å²) in [6, 6.07) is 0. The third kappa shape index (κ3) is 4.83. The zero-order chi connectivity index (χ0) is 34.4. The Balaban J connectivity index is 1.53. The minimum atomic E-state index is -1.65. The fraction of sp³-hybridized carbons (Fsp3) is 0.553. The van der Waals surface area contributed by atoms with Gasteiger partial charge in [-0.3, -0.25) is 9.59 Å². The highest BCUT2D eigenvalue weighted by atomic mass is 16.6. The van der Waals surface area contributed by atoms with Crippen molar-refractivity contribution in [2.45, 2.75) is 122 Å². The molecule has 0 aromatic heterocycles. The zero-order valence-electron chi connectivity index (χ0n) is 28.6. The second kappa shape index (κ2) is 10.9. The number of phenols is 1. The predicted molar refractivity (Wildman–Crippen MR) is 175 cm³/mol. The van der Waals surface area contributed by atoms with Crippen LogP contribution in [0.25, 0.3) is 0 Å². The lowest BCUT2D eigenvalue weighted by Crippen LogP contribution is -2.72. The van der Waals surface area contributed by atoms with Crippen LogP contribution in [0.4, 0.5) is 0 Å². The van der Waals surface area contributed by atoms with Gasteiger partial charge in [0.25, 0.3) is 0 Å². The van der Waals surface area contributed by atoms with Gasteiger partial charge in [0.05, 0.1) is 11.2 Å². The third-order valence-corrected chi connectivity index (χ3v) is 10.9. The molecule has 9 nitrogen and oxygen atoms in total. The Hall–Kier alpha value is -3.69. The Morgan fingerprint density at radius 2 is 1.79 bits per heavy atom. The molecule has 3 aliphatic carbocycles. The lowest BCUT2D eigenvalue weighted by atomic mass is 9.51. The molecule has 1 saturated carbocycles. The number of aromatic hydroxyl groups is 1. The average molecular weight is 647 g/mol. The molecule has 1 spiro atoms. The number of carboxylic acid groups (broad SMARTS) is 1. The maximum absolute atomic E-state index is 14.8. The fourth-order valence-corrected chi connectivity index (χ4v) is 8.38. The van der Waals surface area contributed by atoms with Gasteiger partial charge in [0.2, 0.25) is 0 Å². The molecule has 47 heavy (non-hydrogen) atoms. The number of carboxylic acids is 1. The van der Waals surface area contributed by atoms with E-state index in [1.54, 1.807) is 19.9 Å². The molecule has 0 unspecified atom stereocenters. The number of hydrogen-bond donors (Lipinski definition) is 3. The lowest BCUT2D eigenvalue weighted by Gasteiger charge is -2.56. The van der Waals surface area contributed by atoms with E-state index in [1.807, 2.05) is 26.8 Å². The van der Waals surface area contributed by atoms with Gasteiger partial charge in [0.1, 0.15) is 28.9 Å². The summed E-state index contributed by atoms with van der Waals surface area (Å²) >= 11 is 0. The van der Waals surface area contributed by atoms with E-state index in [1.165, 1.54) is 18.6 Å². The minimum absolute atomic E-state index is 0.0239. The number of allylic oxidation sites excluding steroid dienone is 5. The molecule has 7 rings (SSSR count). The normalized spacial score (nSPS) is 30.2. The molecule has 0 amide bonds. The van der Waals surface area contributed by atoms with Gasteiger partial charge < -0.3 is 29.5 Å². The summed E-state index contributed by atoms with van der Waals surface area (Å²) in [4.78, 5) is 40.8. The summed E-state index contributed by atoms with van der Waals surface area (Å²) in [6.07, 6.45) is 9.25. The molecule has 0 radical (unpaired) electrons. The molecule has 1 aromatic carbocycles. The highest BCUT2D eigenvalue weighted by Crippen LogP contribution is 2.68. The third-order valence-electron chi connectivity index (χ3n) is 10.9. The molecular weight excluding hydrogens is 600 g/mol. The molecule has 6 aliphatic rings. The maximum atomic E-state index is 14.8. The number of phenolic OH excluding ortho intramolecular Hbond substituents is 1. The van der Waals surface area contributed by atoms with Crippen molar-refractivity contribution in [3.8, 4) is 17.2 Å². The largest absolute Gasteiger partial charge is 0.507 e. The first-order valence-corrected chi connectivity index (χ1v) is 16.5. The average Bonchev–Trinajstić information content (AvgIpc) is 3.49. The van der Waals surface area contributed by atoms with Crippen molar-refractivity contribution in [3.63, 3.8) is 0 Å². The van der Waals surface area contributed by atoms with Crippen molar-refractivity contribution in [2.24, 2.45) is 11.8 Å². The molecule has 252 valence electrons. The van der Waals surface area contributed by atoms with Crippen LogP contribution in [0.1, 0.15) is 103 Å². The molecule has 1 aromatic rings. The second-order valence-corrected chi connectivity index (χ2v) is 15.3. The predicted octanol–water partition coefficient (Wildman–Crippen LogP) is 6.13. The van der Waals surface area contributed by atoms with E-state index >= 15 is 0 Å². The zero-order valence-corrected chi connectivity index (χ0v) is 28.6. The van der Waals surface area contributed by atoms with E-state index < -0.39 is 52.1 Å². The highest BCUT2D eigenvalue weighted by Gasteiger charge is 2.81. The van der Waals surface area contributed by atoms with Gasteiger partial charge >= 0.3 is 5.97 Å². The minimum Gasteiger partial charge on any atom is -0.507 e. The van der Waals surface area contributed by atoms with Crippen LogP contribution in [-0.4, -0.2) is 61.4 Å². The number of hydrogen-bond acceptors (Lipinski definition) is 8. The summed E-state index contributed by atoms with van der Waals surface area (Å²) in [5.74, 6) is -2.55. The summed E-state index contributed by atoms with van der Waals surface area (Å²) in [5, 5.41) is 32.5. The molecule has 1 saturated heterocycles. The number of Topliss-reactive ketones (excluding diaryl/α,β-unsaturated/α-hetero) is 2. The SMILES string of the molecule is CC(C)=CCCC(C)=CCc1c(O)c2c(c3c1O[C@@H](C(C)(C)O)C3)O[C@]13C(=C[C@@H]4C[C@H]1C(C)(C)O[C@@]3(C/C=C(/C)C(=O)O)C4=O)C2=O. The van der Waals surface area contributed by atoms with Crippen molar-refractivity contribution in [3.05, 3.63) is 63.3 Å². The summed E-state index contributed by atoms with van der Waals surface area (Å²) in [5.41, 5.74) is -1.61. The van der Waals surface area contributed by atoms with Crippen LogP contribution in [0.3, 0.4) is 0 Å². The Labute approximate surface area is 276 Å². The summed E-state index contributed by atoms with van der Waals surface area (Å²) in [7, 11) is 0. The van der Waals surface area contributed by atoms with Gasteiger partial charge in [-0.2, -0.15) is 0 Å². The summed E-state index contributed by atoms with van der Waals surface area (Å²) in [6.45, 7) is 14.7.